The van der Waals surface area contributed by atoms with Crippen LogP contribution in [0.1, 0.15) is 19.3 Å². The molecule has 2 fully saturated rings. The Labute approximate surface area is 124 Å². The molecule has 0 aliphatic carbocycles. The van der Waals surface area contributed by atoms with Crippen LogP contribution in [-0.4, -0.2) is 72.6 Å². The fourth-order valence-electron chi connectivity index (χ4n) is 2.82. The zero-order chi connectivity index (χ0) is 14.5. The van der Waals surface area contributed by atoms with Crippen LogP contribution in [0.5, 0.6) is 0 Å². The predicted molar refractivity (Wildman–Crippen MR) is 80.7 cm³/mol. The Hall–Kier alpha value is -0.950. The quantitative estimate of drug-likeness (QED) is 0.293. The molecule has 114 valence electrons. The third kappa shape index (κ3) is 4.02. The summed E-state index contributed by atoms with van der Waals surface area (Å²) < 4.78 is 0. The van der Waals surface area contributed by atoms with Gasteiger partial charge in [-0.25, -0.2) is 4.79 Å². The molecule has 0 bridgehead atoms. The van der Waals surface area contributed by atoms with Gasteiger partial charge >= 0.3 is 6.03 Å². The molecule has 7 heteroatoms. The molecule has 3 atom stereocenters. The summed E-state index contributed by atoms with van der Waals surface area (Å²) in [6.45, 7) is 1.48. The summed E-state index contributed by atoms with van der Waals surface area (Å²) in [4.78, 5) is 26.0. The van der Waals surface area contributed by atoms with Crippen molar-refractivity contribution in [3.8, 4) is 0 Å². The number of hydrogen-bond acceptors (Lipinski definition) is 4. The molecule has 0 aromatic carbocycles. The summed E-state index contributed by atoms with van der Waals surface area (Å²) in [5, 5.41) is 6.47. The van der Waals surface area contributed by atoms with Crippen LogP contribution in [0.15, 0.2) is 0 Å². The fraction of sp³-hybridized carbons (Fsp3) is 0.846. The number of hydrogen-bond donors (Lipinski definition) is 2. The van der Waals surface area contributed by atoms with Gasteiger partial charge in [-0.05, 0) is 26.9 Å². The van der Waals surface area contributed by atoms with Crippen molar-refractivity contribution in [3.05, 3.63) is 0 Å². The number of thioether (sulfide) groups is 1. The van der Waals surface area contributed by atoms with Gasteiger partial charge in [0.2, 0.25) is 6.41 Å². The molecule has 2 rings (SSSR count). The number of amides is 3. The van der Waals surface area contributed by atoms with E-state index >= 15 is 0 Å². The minimum absolute atomic E-state index is 0.0246. The minimum atomic E-state index is -0.0246. The van der Waals surface area contributed by atoms with E-state index in [2.05, 4.69) is 10.6 Å². The highest BCUT2D eigenvalue weighted by Gasteiger charge is 2.42. The maximum absolute atomic E-state index is 11.3. The number of fused-ring (bicyclic) bond motifs is 1. The van der Waals surface area contributed by atoms with Gasteiger partial charge in [-0.15, -0.1) is 0 Å². The molecule has 2 aliphatic rings. The largest absolute Gasteiger partial charge is 0.332 e. The summed E-state index contributed by atoms with van der Waals surface area (Å²) >= 11 is 1.94. The minimum Gasteiger partial charge on any atom is -0.332 e. The summed E-state index contributed by atoms with van der Waals surface area (Å²) in [5.74, 6) is 1.01. The molecule has 2 N–H and O–H groups in total. The van der Waals surface area contributed by atoms with Crippen LogP contribution >= 0.6 is 11.8 Å². The first kappa shape index (κ1) is 15.4. The summed E-state index contributed by atoms with van der Waals surface area (Å²) in [6.07, 6.45) is 4.13. The van der Waals surface area contributed by atoms with E-state index in [-0.39, 0.29) is 12.1 Å². The van der Waals surface area contributed by atoms with Gasteiger partial charge in [0.1, 0.15) is 0 Å². The van der Waals surface area contributed by atoms with Crippen molar-refractivity contribution in [2.45, 2.75) is 36.6 Å². The number of carbonyl (C=O) groups is 2. The van der Waals surface area contributed by atoms with Crippen molar-refractivity contribution in [1.82, 2.24) is 20.4 Å². The van der Waals surface area contributed by atoms with Gasteiger partial charge < -0.3 is 15.5 Å². The van der Waals surface area contributed by atoms with Crippen molar-refractivity contribution in [1.29, 1.82) is 0 Å². The van der Waals surface area contributed by atoms with Crippen LogP contribution in [0, 0.1) is 0 Å². The van der Waals surface area contributed by atoms with Gasteiger partial charge in [0.15, 0.2) is 0 Å². The molecule has 6 nitrogen and oxygen atoms in total. The number of unbranched alkanes of at least 4 members (excludes halogenated alkanes) is 1. The van der Waals surface area contributed by atoms with E-state index in [9.17, 15) is 9.59 Å². The summed E-state index contributed by atoms with van der Waals surface area (Å²) in [6, 6.07) is 0.567. The van der Waals surface area contributed by atoms with E-state index in [1.165, 1.54) is 0 Å². The van der Waals surface area contributed by atoms with Crippen molar-refractivity contribution in [3.63, 3.8) is 0 Å². The average molecular weight is 300 g/mol. The lowest BCUT2D eigenvalue weighted by atomic mass is 10.0. The van der Waals surface area contributed by atoms with Crippen molar-refractivity contribution < 1.29 is 9.59 Å². The fourth-order valence-corrected chi connectivity index (χ4v) is 4.37. The van der Waals surface area contributed by atoms with Crippen LogP contribution in [0.4, 0.5) is 4.79 Å². The van der Waals surface area contributed by atoms with Crippen molar-refractivity contribution >= 4 is 24.2 Å². The second-order valence-electron chi connectivity index (χ2n) is 5.76. The highest BCUT2D eigenvalue weighted by Crippen LogP contribution is 2.32. The van der Waals surface area contributed by atoms with Crippen molar-refractivity contribution in [2.24, 2.45) is 0 Å². The Kier molecular flexibility index (Phi) is 5.54. The standard InChI is InChI=1S/C13H24N4O2S/c1-16(2)8-17(9-18)6-4-3-5-11-12-10(7-20-11)14-13(19)15-12/h9-12H,3-8H2,1-2H3,(H2,14,15,19)/t10?,11-,12-/m0/s1. The van der Waals surface area contributed by atoms with E-state index in [0.29, 0.717) is 18.0 Å². The number of rotatable bonds is 8. The molecular formula is C13H24N4O2S. The van der Waals surface area contributed by atoms with Crippen LogP contribution in [-0.2, 0) is 4.79 Å². The highest BCUT2D eigenvalue weighted by atomic mass is 32.2. The smallest absolute Gasteiger partial charge is 0.315 e. The molecule has 0 saturated carbocycles. The molecular weight excluding hydrogens is 276 g/mol. The molecule has 2 saturated heterocycles. The second-order valence-corrected chi connectivity index (χ2v) is 7.03. The lowest BCUT2D eigenvalue weighted by Crippen LogP contribution is -2.37. The number of nitrogens with zero attached hydrogens (tertiary/aromatic N) is 2. The molecule has 0 radical (unpaired) electrons. The van der Waals surface area contributed by atoms with E-state index in [0.717, 1.165) is 38.0 Å². The Bertz CT molecular complexity index is 353. The molecule has 2 aliphatic heterocycles. The molecule has 3 amide bonds. The molecule has 0 aromatic rings. The highest BCUT2D eigenvalue weighted by molar-refractivity contribution is 8.00. The molecule has 0 aromatic heterocycles. The number of urea groups is 1. The molecule has 1 unspecified atom stereocenters. The Morgan fingerprint density at radius 2 is 2.15 bits per heavy atom. The molecule has 2 heterocycles. The number of nitrogens with one attached hydrogen (secondary N) is 2. The SMILES string of the molecule is CN(C)CN(C=O)CCCC[C@@H]1SCC2NC(=O)N[C@@H]21. The molecule has 20 heavy (non-hydrogen) atoms. The van der Waals surface area contributed by atoms with Crippen molar-refractivity contribution in [2.75, 3.05) is 33.1 Å². The van der Waals surface area contributed by atoms with E-state index < -0.39 is 0 Å². The Balaban J connectivity index is 1.64. The summed E-state index contributed by atoms with van der Waals surface area (Å²) in [5.41, 5.74) is 0. The monoisotopic (exact) mass is 300 g/mol. The normalized spacial score (nSPS) is 28.1. The topological polar surface area (TPSA) is 64.7 Å². The van der Waals surface area contributed by atoms with Crippen LogP contribution in [0.2, 0.25) is 0 Å². The van der Waals surface area contributed by atoms with E-state index in [1.54, 1.807) is 4.90 Å². The van der Waals surface area contributed by atoms with Gasteiger partial charge in [0.25, 0.3) is 0 Å². The first-order valence-electron chi connectivity index (χ1n) is 7.13. The Morgan fingerprint density at radius 1 is 1.35 bits per heavy atom. The molecule has 0 spiro atoms. The second kappa shape index (κ2) is 7.17. The lowest BCUT2D eigenvalue weighted by Gasteiger charge is -2.22. The lowest BCUT2D eigenvalue weighted by molar-refractivity contribution is -0.119. The first-order valence-corrected chi connectivity index (χ1v) is 8.17. The maximum Gasteiger partial charge on any atom is 0.315 e. The van der Waals surface area contributed by atoms with Gasteiger partial charge in [-0.1, -0.05) is 6.42 Å². The van der Waals surface area contributed by atoms with Gasteiger partial charge in [0.05, 0.1) is 18.8 Å². The van der Waals surface area contributed by atoms with E-state index in [4.69, 9.17) is 0 Å². The van der Waals surface area contributed by atoms with Crippen LogP contribution in [0.25, 0.3) is 0 Å². The Morgan fingerprint density at radius 3 is 2.85 bits per heavy atom. The zero-order valence-corrected chi connectivity index (χ0v) is 13.0. The van der Waals surface area contributed by atoms with Crippen LogP contribution in [0.3, 0.4) is 0 Å². The van der Waals surface area contributed by atoms with E-state index in [1.807, 2.05) is 30.8 Å². The third-order valence-corrected chi connectivity index (χ3v) is 5.24. The summed E-state index contributed by atoms with van der Waals surface area (Å²) in [7, 11) is 3.92. The van der Waals surface area contributed by atoms with Gasteiger partial charge in [-0.3, -0.25) is 9.69 Å². The third-order valence-electron chi connectivity index (χ3n) is 3.74. The maximum atomic E-state index is 11.3. The van der Waals surface area contributed by atoms with Crippen LogP contribution < -0.4 is 10.6 Å². The first-order chi connectivity index (χ1) is 9.60. The van der Waals surface area contributed by atoms with Gasteiger partial charge in [0, 0.05) is 17.5 Å². The average Bonchev–Trinajstić information content (AvgIpc) is 2.92. The van der Waals surface area contributed by atoms with Gasteiger partial charge in [-0.2, -0.15) is 11.8 Å². The zero-order valence-electron chi connectivity index (χ0n) is 12.2. The predicted octanol–water partition coefficient (Wildman–Crippen LogP) is 0.300. The number of carbonyl (C=O) groups excluding carboxylic acids is 2.